The molecule has 5 heteroatoms. The molecule has 1 aromatic carbocycles. The average molecular weight is 318 g/mol. The van der Waals surface area contributed by atoms with Crippen molar-refractivity contribution in [2.24, 2.45) is 0 Å². The van der Waals surface area contributed by atoms with Gasteiger partial charge in [-0.3, -0.25) is 4.79 Å². The summed E-state index contributed by atoms with van der Waals surface area (Å²) >= 11 is 1.74. The van der Waals surface area contributed by atoms with Gasteiger partial charge in [0.05, 0.1) is 10.7 Å². The Balaban J connectivity index is 1.62. The summed E-state index contributed by atoms with van der Waals surface area (Å²) in [6.45, 7) is 4.80. The molecular formula is C17H22N2O2S. The van der Waals surface area contributed by atoms with Crippen molar-refractivity contribution >= 4 is 17.2 Å². The molecule has 118 valence electrons. The first-order chi connectivity index (χ1) is 10.5. The lowest BCUT2D eigenvalue weighted by molar-refractivity contribution is -0.121. The zero-order valence-corrected chi connectivity index (χ0v) is 13.9. The van der Waals surface area contributed by atoms with Crippen LogP contribution in [0.5, 0.6) is 5.75 Å². The molecule has 1 amide bonds. The Bertz CT molecular complexity index is 601. The third-order valence-corrected chi connectivity index (χ3v) is 4.67. The lowest BCUT2D eigenvalue weighted by Crippen LogP contribution is -2.24. The van der Waals surface area contributed by atoms with E-state index in [9.17, 15) is 9.90 Å². The SMILES string of the molecule is Cc1nc(CCCNC(=O)CCc2ccc(O)cc2)sc1C. The number of nitrogens with one attached hydrogen (secondary N) is 1. The zero-order chi connectivity index (χ0) is 15.9. The molecule has 1 heterocycles. The van der Waals surface area contributed by atoms with Gasteiger partial charge in [-0.1, -0.05) is 12.1 Å². The number of hydrogen-bond acceptors (Lipinski definition) is 4. The Morgan fingerprint density at radius 2 is 1.95 bits per heavy atom. The average Bonchev–Trinajstić information content (AvgIpc) is 2.82. The Morgan fingerprint density at radius 1 is 1.23 bits per heavy atom. The number of rotatable bonds is 7. The molecule has 0 bridgehead atoms. The molecule has 0 aliphatic rings. The van der Waals surface area contributed by atoms with Crippen LogP contribution in [0.4, 0.5) is 0 Å². The van der Waals surface area contributed by atoms with Crippen molar-refractivity contribution < 1.29 is 9.90 Å². The summed E-state index contributed by atoms with van der Waals surface area (Å²) in [6, 6.07) is 6.97. The van der Waals surface area contributed by atoms with Crippen molar-refractivity contribution in [3.05, 3.63) is 45.4 Å². The van der Waals surface area contributed by atoms with E-state index in [0.29, 0.717) is 19.4 Å². The van der Waals surface area contributed by atoms with E-state index in [1.165, 1.54) is 4.88 Å². The number of carbonyl (C=O) groups excluding carboxylic acids is 1. The molecule has 0 fully saturated rings. The maximum atomic E-state index is 11.8. The molecule has 1 aromatic heterocycles. The van der Waals surface area contributed by atoms with Crippen molar-refractivity contribution in [2.45, 2.75) is 39.5 Å². The highest BCUT2D eigenvalue weighted by atomic mass is 32.1. The predicted octanol–water partition coefficient (Wildman–Crippen LogP) is 3.15. The minimum atomic E-state index is 0.0691. The molecule has 0 saturated carbocycles. The molecule has 0 aliphatic carbocycles. The molecule has 0 radical (unpaired) electrons. The van der Waals surface area contributed by atoms with E-state index in [2.05, 4.69) is 17.2 Å². The molecule has 2 aromatic rings. The molecule has 0 atom stereocenters. The van der Waals surface area contributed by atoms with Gasteiger partial charge in [0.25, 0.3) is 0 Å². The monoisotopic (exact) mass is 318 g/mol. The number of aromatic nitrogens is 1. The number of nitrogens with zero attached hydrogens (tertiary/aromatic N) is 1. The normalized spacial score (nSPS) is 10.6. The van der Waals surface area contributed by atoms with Gasteiger partial charge in [-0.25, -0.2) is 4.98 Å². The fourth-order valence-corrected chi connectivity index (χ4v) is 3.10. The number of phenols is 1. The summed E-state index contributed by atoms with van der Waals surface area (Å²) in [5.74, 6) is 0.320. The van der Waals surface area contributed by atoms with Crippen molar-refractivity contribution in [3.63, 3.8) is 0 Å². The number of carbonyl (C=O) groups is 1. The summed E-state index contributed by atoms with van der Waals surface area (Å²) in [4.78, 5) is 17.5. The van der Waals surface area contributed by atoms with Crippen LogP contribution in [0.2, 0.25) is 0 Å². The van der Waals surface area contributed by atoms with Crippen molar-refractivity contribution in [2.75, 3.05) is 6.54 Å². The quantitative estimate of drug-likeness (QED) is 0.771. The van der Waals surface area contributed by atoms with E-state index in [1.807, 2.05) is 19.1 Å². The molecule has 0 saturated heterocycles. The van der Waals surface area contributed by atoms with Crippen LogP contribution in [0, 0.1) is 13.8 Å². The number of amides is 1. The predicted molar refractivity (Wildman–Crippen MR) is 89.3 cm³/mol. The topological polar surface area (TPSA) is 62.2 Å². The fourth-order valence-electron chi connectivity index (χ4n) is 2.12. The van der Waals surface area contributed by atoms with Crippen molar-refractivity contribution in [3.8, 4) is 5.75 Å². The molecule has 2 rings (SSSR count). The lowest BCUT2D eigenvalue weighted by Gasteiger charge is -2.05. The van der Waals surface area contributed by atoms with E-state index in [0.717, 1.165) is 29.1 Å². The van der Waals surface area contributed by atoms with Gasteiger partial charge < -0.3 is 10.4 Å². The Morgan fingerprint density at radius 3 is 2.59 bits per heavy atom. The Hall–Kier alpha value is -1.88. The van der Waals surface area contributed by atoms with Crippen LogP contribution >= 0.6 is 11.3 Å². The number of hydrogen-bond donors (Lipinski definition) is 2. The minimum Gasteiger partial charge on any atom is -0.508 e. The minimum absolute atomic E-state index is 0.0691. The second-order valence-electron chi connectivity index (χ2n) is 5.37. The van der Waals surface area contributed by atoms with Gasteiger partial charge in [-0.2, -0.15) is 0 Å². The summed E-state index contributed by atoms with van der Waals surface area (Å²) in [7, 11) is 0. The van der Waals surface area contributed by atoms with Gasteiger partial charge in [-0.05, 0) is 44.4 Å². The van der Waals surface area contributed by atoms with Crippen LogP contribution in [0.3, 0.4) is 0 Å². The Kier molecular flexibility index (Phi) is 5.95. The van der Waals surface area contributed by atoms with Gasteiger partial charge in [0.15, 0.2) is 0 Å². The highest BCUT2D eigenvalue weighted by Crippen LogP contribution is 2.17. The summed E-state index contributed by atoms with van der Waals surface area (Å²) in [6.07, 6.45) is 2.99. The van der Waals surface area contributed by atoms with Crippen LogP contribution < -0.4 is 5.32 Å². The zero-order valence-electron chi connectivity index (χ0n) is 13.1. The maximum Gasteiger partial charge on any atom is 0.220 e. The summed E-state index contributed by atoms with van der Waals surface area (Å²) in [5.41, 5.74) is 2.17. The van der Waals surface area contributed by atoms with Gasteiger partial charge in [-0.15, -0.1) is 11.3 Å². The standard InChI is InChI=1S/C17H22N2O2S/c1-12-13(2)22-17(19-12)4-3-11-18-16(21)10-7-14-5-8-15(20)9-6-14/h5-6,8-9,20H,3-4,7,10-11H2,1-2H3,(H,18,21). The van der Waals surface area contributed by atoms with Crippen LogP contribution in [-0.2, 0) is 17.6 Å². The van der Waals surface area contributed by atoms with Gasteiger partial charge in [0.1, 0.15) is 5.75 Å². The molecule has 0 aliphatic heterocycles. The summed E-state index contributed by atoms with van der Waals surface area (Å²) < 4.78 is 0. The van der Waals surface area contributed by atoms with E-state index in [4.69, 9.17) is 0 Å². The van der Waals surface area contributed by atoms with E-state index >= 15 is 0 Å². The largest absolute Gasteiger partial charge is 0.508 e. The van der Waals surface area contributed by atoms with Gasteiger partial charge in [0.2, 0.25) is 5.91 Å². The van der Waals surface area contributed by atoms with Crippen LogP contribution in [0.1, 0.15) is 34.0 Å². The van der Waals surface area contributed by atoms with Crippen molar-refractivity contribution in [1.82, 2.24) is 10.3 Å². The first-order valence-electron chi connectivity index (χ1n) is 7.52. The van der Waals surface area contributed by atoms with Crippen LogP contribution in [-0.4, -0.2) is 22.5 Å². The smallest absolute Gasteiger partial charge is 0.220 e. The molecule has 22 heavy (non-hydrogen) atoms. The maximum absolute atomic E-state index is 11.8. The summed E-state index contributed by atoms with van der Waals surface area (Å²) in [5, 5.41) is 13.3. The number of aromatic hydroxyl groups is 1. The first-order valence-corrected chi connectivity index (χ1v) is 8.34. The third-order valence-electron chi connectivity index (χ3n) is 3.54. The van der Waals surface area contributed by atoms with Crippen LogP contribution in [0.15, 0.2) is 24.3 Å². The highest BCUT2D eigenvalue weighted by molar-refractivity contribution is 7.11. The number of aryl methyl sites for hydroxylation is 4. The number of benzene rings is 1. The number of thiazole rings is 1. The lowest BCUT2D eigenvalue weighted by atomic mass is 10.1. The molecule has 0 spiro atoms. The highest BCUT2D eigenvalue weighted by Gasteiger charge is 2.05. The fraction of sp³-hybridized carbons (Fsp3) is 0.412. The van der Waals surface area contributed by atoms with Crippen LogP contribution in [0.25, 0.3) is 0 Å². The second kappa shape index (κ2) is 7.94. The molecule has 2 N–H and O–H groups in total. The van der Waals surface area contributed by atoms with Gasteiger partial charge >= 0.3 is 0 Å². The second-order valence-corrected chi connectivity index (χ2v) is 6.66. The Labute approximate surface area is 135 Å². The molecule has 4 nitrogen and oxygen atoms in total. The van der Waals surface area contributed by atoms with E-state index in [1.54, 1.807) is 23.5 Å². The first kappa shape index (κ1) is 16.5. The van der Waals surface area contributed by atoms with Crippen molar-refractivity contribution in [1.29, 1.82) is 0 Å². The van der Waals surface area contributed by atoms with E-state index in [-0.39, 0.29) is 11.7 Å². The number of phenolic OH excluding ortho intramolecular Hbond substituents is 1. The third kappa shape index (κ3) is 5.15. The molecule has 0 unspecified atom stereocenters. The molecular weight excluding hydrogens is 296 g/mol. The van der Waals surface area contributed by atoms with Gasteiger partial charge in [0, 0.05) is 24.3 Å². The van der Waals surface area contributed by atoms with E-state index < -0.39 is 0 Å².